The third kappa shape index (κ3) is 3.08. The topological polar surface area (TPSA) is 24.5 Å². The van der Waals surface area contributed by atoms with E-state index in [-0.39, 0.29) is 0 Å². The van der Waals surface area contributed by atoms with Gasteiger partial charge in [-0.1, -0.05) is 6.58 Å². The van der Waals surface area contributed by atoms with Crippen molar-refractivity contribution >= 4 is 0 Å². The standard InChI is InChI=1S/C11H22N2O/c1-9(7-12-3)8-13(4)11-5-6-14-10(11)2/h10-12H,1,5-8H2,2-4H3. The molecule has 1 rings (SSSR count). The van der Waals surface area contributed by atoms with Gasteiger partial charge in [0.15, 0.2) is 0 Å². The molecule has 1 aliphatic heterocycles. The first-order chi connectivity index (χ1) is 6.65. The number of hydrogen-bond donors (Lipinski definition) is 1. The van der Waals surface area contributed by atoms with E-state index in [0.29, 0.717) is 12.1 Å². The summed E-state index contributed by atoms with van der Waals surface area (Å²) in [6.45, 7) is 8.93. The Hall–Kier alpha value is -0.380. The maximum atomic E-state index is 5.54. The second-order valence-electron chi connectivity index (χ2n) is 4.13. The minimum atomic E-state index is 0.363. The summed E-state index contributed by atoms with van der Waals surface area (Å²) in [7, 11) is 4.10. The molecular formula is C11H22N2O. The summed E-state index contributed by atoms with van der Waals surface area (Å²) in [4.78, 5) is 2.34. The Bertz CT molecular complexity index is 194. The summed E-state index contributed by atoms with van der Waals surface area (Å²) >= 11 is 0. The number of ether oxygens (including phenoxy) is 1. The highest BCUT2D eigenvalue weighted by molar-refractivity contribution is 5.00. The summed E-state index contributed by atoms with van der Waals surface area (Å²) in [6, 6.07) is 0.559. The first-order valence-electron chi connectivity index (χ1n) is 5.28. The molecule has 1 fully saturated rings. The second kappa shape index (κ2) is 5.49. The quantitative estimate of drug-likeness (QED) is 0.663. The van der Waals surface area contributed by atoms with Crippen molar-refractivity contribution in [2.75, 3.05) is 33.8 Å². The van der Waals surface area contributed by atoms with Crippen LogP contribution in [-0.2, 0) is 4.74 Å². The number of nitrogens with zero attached hydrogens (tertiary/aromatic N) is 1. The molecule has 1 heterocycles. The smallest absolute Gasteiger partial charge is 0.0703 e. The Morgan fingerprint density at radius 2 is 2.36 bits per heavy atom. The third-order valence-electron chi connectivity index (χ3n) is 2.80. The Balaban J connectivity index is 2.33. The third-order valence-corrected chi connectivity index (χ3v) is 2.80. The molecule has 2 unspecified atom stereocenters. The van der Waals surface area contributed by atoms with Crippen LogP contribution in [0, 0.1) is 0 Å². The molecule has 0 aromatic rings. The summed E-state index contributed by atoms with van der Waals surface area (Å²) in [6.07, 6.45) is 1.51. The van der Waals surface area contributed by atoms with Crippen molar-refractivity contribution in [3.63, 3.8) is 0 Å². The van der Waals surface area contributed by atoms with Gasteiger partial charge < -0.3 is 10.1 Å². The van der Waals surface area contributed by atoms with E-state index < -0.39 is 0 Å². The number of rotatable bonds is 5. The molecule has 3 heteroatoms. The van der Waals surface area contributed by atoms with Crippen molar-refractivity contribution in [2.24, 2.45) is 0 Å². The van der Waals surface area contributed by atoms with Crippen LogP contribution in [0.1, 0.15) is 13.3 Å². The number of hydrogen-bond acceptors (Lipinski definition) is 3. The Labute approximate surface area is 87.1 Å². The van der Waals surface area contributed by atoms with Crippen LogP contribution < -0.4 is 5.32 Å². The van der Waals surface area contributed by atoms with Crippen molar-refractivity contribution in [3.05, 3.63) is 12.2 Å². The monoisotopic (exact) mass is 198 g/mol. The molecule has 0 spiro atoms. The predicted octanol–water partition coefficient (Wildman–Crippen LogP) is 0.871. The lowest BCUT2D eigenvalue weighted by atomic mass is 10.1. The van der Waals surface area contributed by atoms with Crippen LogP contribution in [0.5, 0.6) is 0 Å². The van der Waals surface area contributed by atoms with Crippen molar-refractivity contribution in [2.45, 2.75) is 25.5 Å². The van der Waals surface area contributed by atoms with Crippen LogP contribution in [0.4, 0.5) is 0 Å². The first kappa shape index (κ1) is 11.7. The second-order valence-corrected chi connectivity index (χ2v) is 4.13. The maximum Gasteiger partial charge on any atom is 0.0703 e. The van der Waals surface area contributed by atoms with E-state index >= 15 is 0 Å². The first-order valence-corrected chi connectivity index (χ1v) is 5.28. The zero-order valence-electron chi connectivity index (χ0n) is 9.55. The van der Waals surface area contributed by atoms with Gasteiger partial charge in [0.2, 0.25) is 0 Å². The Kier molecular flexibility index (Phi) is 4.58. The van der Waals surface area contributed by atoms with E-state index in [2.05, 4.69) is 30.8 Å². The molecule has 1 saturated heterocycles. The molecule has 0 aromatic heterocycles. The zero-order valence-corrected chi connectivity index (χ0v) is 9.55. The molecule has 0 aliphatic carbocycles. The number of likely N-dealkylation sites (N-methyl/N-ethyl adjacent to an activating group) is 2. The van der Waals surface area contributed by atoms with Gasteiger partial charge in [0.25, 0.3) is 0 Å². The Morgan fingerprint density at radius 1 is 1.64 bits per heavy atom. The predicted molar refractivity (Wildman–Crippen MR) is 59.5 cm³/mol. The van der Waals surface area contributed by atoms with Gasteiger partial charge in [-0.25, -0.2) is 0 Å². The van der Waals surface area contributed by atoms with Gasteiger partial charge in [-0.15, -0.1) is 0 Å². The fourth-order valence-corrected chi connectivity index (χ4v) is 2.08. The molecule has 1 N–H and O–H groups in total. The zero-order chi connectivity index (χ0) is 10.6. The largest absolute Gasteiger partial charge is 0.377 e. The molecule has 1 aliphatic rings. The molecule has 0 aromatic carbocycles. The highest BCUT2D eigenvalue weighted by Crippen LogP contribution is 2.18. The van der Waals surface area contributed by atoms with Gasteiger partial charge in [0.05, 0.1) is 6.10 Å². The van der Waals surface area contributed by atoms with Gasteiger partial charge in [0.1, 0.15) is 0 Å². The maximum absolute atomic E-state index is 5.54. The average Bonchev–Trinajstić information content (AvgIpc) is 2.51. The van der Waals surface area contributed by atoms with Gasteiger partial charge >= 0.3 is 0 Å². The fourth-order valence-electron chi connectivity index (χ4n) is 2.08. The van der Waals surface area contributed by atoms with E-state index in [1.54, 1.807) is 0 Å². The summed E-state index contributed by atoms with van der Waals surface area (Å²) in [5.41, 5.74) is 1.23. The fraction of sp³-hybridized carbons (Fsp3) is 0.818. The van der Waals surface area contributed by atoms with E-state index in [1.807, 2.05) is 7.05 Å². The average molecular weight is 198 g/mol. The lowest BCUT2D eigenvalue weighted by molar-refractivity contribution is 0.0865. The summed E-state index contributed by atoms with van der Waals surface area (Å²) in [5, 5.41) is 3.12. The van der Waals surface area contributed by atoms with Crippen LogP contribution in [0.2, 0.25) is 0 Å². The van der Waals surface area contributed by atoms with Crippen LogP contribution in [-0.4, -0.2) is 50.8 Å². The van der Waals surface area contributed by atoms with Crippen molar-refractivity contribution in [1.29, 1.82) is 0 Å². The van der Waals surface area contributed by atoms with E-state index in [4.69, 9.17) is 4.74 Å². The van der Waals surface area contributed by atoms with Gasteiger partial charge in [-0.3, -0.25) is 4.90 Å². The van der Waals surface area contributed by atoms with Gasteiger partial charge in [0, 0.05) is 25.7 Å². The summed E-state index contributed by atoms with van der Waals surface area (Å²) in [5.74, 6) is 0. The van der Waals surface area contributed by atoms with Crippen molar-refractivity contribution in [3.8, 4) is 0 Å². The molecular weight excluding hydrogens is 176 g/mol. The van der Waals surface area contributed by atoms with Crippen molar-refractivity contribution in [1.82, 2.24) is 10.2 Å². The van der Waals surface area contributed by atoms with Crippen molar-refractivity contribution < 1.29 is 4.74 Å². The molecule has 82 valence electrons. The van der Waals surface area contributed by atoms with E-state index in [0.717, 1.165) is 26.1 Å². The normalized spacial score (nSPS) is 27.1. The van der Waals surface area contributed by atoms with Crippen LogP contribution in [0.15, 0.2) is 12.2 Å². The molecule has 0 bridgehead atoms. The molecule has 2 atom stereocenters. The molecule has 0 radical (unpaired) electrons. The molecule has 14 heavy (non-hydrogen) atoms. The lowest BCUT2D eigenvalue weighted by Gasteiger charge is -2.27. The molecule has 0 saturated carbocycles. The van der Waals surface area contributed by atoms with Gasteiger partial charge in [-0.05, 0) is 33.0 Å². The van der Waals surface area contributed by atoms with Crippen LogP contribution >= 0.6 is 0 Å². The highest BCUT2D eigenvalue weighted by atomic mass is 16.5. The molecule has 3 nitrogen and oxygen atoms in total. The SMILES string of the molecule is C=C(CNC)CN(C)C1CCOC1C. The Morgan fingerprint density at radius 3 is 2.86 bits per heavy atom. The van der Waals surface area contributed by atoms with E-state index in [9.17, 15) is 0 Å². The van der Waals surface area contributed by atoms with Gasteiger partial charge in [-0.2, -0.15) is 0 Å². The highest BCUT2D eigenvalue weighted by Gasteiger charge is 2.27. The summed E-state index contributed by atoms with van der Waals surface area (Å²) < 4.78 is 5.54. The van der Waals surface area contributed by atoms with Crippen LogP contribution in [0.3, 0.4) is 0 Å². The minimum absolute atomic E-state index is 0.363. The number of nitrogens with one attached hydrogen (secondary N) is 1. The molecule has 0 amide bonds. The van der Waals surface area contributed by atoms with Crippen LogP contribution in [0.25, 0.3) is 0 Å². The van der Waals surface area contributed by atoms with E-state index in [1.165, 1.54) is 5.57 Å². The minimum Gasteiger partial charge on any atom is -0.377 e. The lowest BCUT2D eigenvalue weighted by Crippen LogP contribution is -2.38.